The van der Waals surface area contributed by atoms with Crippen LogP contribution >= 0.6 is 0 Å². The number of aliphatic imine (C=N–C) groups is 1. The minimum Gasteiger partial charge on any atom is -0.493 e. The zero-order valence-electron chi connectivity index (χ0n) is 14.2. The Morgan fingerprint density at radius 2 is 1.79 bits per heavy atom. The molecule has 3 N–H and O–H groups in total. The van der Waals surface area contributed by atoms with Gasteiger partial charge in [0.1, 0.15) is 11.4 Å². The fourth-order valence-corrected chi connectivity index (χ4v) is 2.26. The fourth-order valence-electron chi connectivity index (χ4n) is 2.26. The van der Waals surface area contributed by atoms with Crippen molar-refractivity contribution < 1.29 is 5.11 Å². The molecule has 0 bridgehead atoms. The van der Waals surface area contributed by atoms with Crippen LogP contribution in [0.5, 0.6) is 5.88 Å². The van der Waals surface area contributed by atoms with Crippen molar-refractivity contribution in [3.05, 3.63) is 56.7 Å². The van der Waals surface area contributed by atoms with Crippen molar-refractivity contribution in [3.63, 3.8) is 0 Å². The zero-order valence-corrected chi connectivity index (χ0v) is 14.2. The Balaban J connectivity index is 2.75. The first kappa shape index (κ1) is 17.5. The molecule has 0 unspecified atom stereocenters. The summed E-state index contributed by atoms with van der Waals surface area (Å²) in [7, 11) is 0. The lowest BCUT2D eigenvalue weighted by Crippen LogP contribution is -2.40. The maximum atomic E-state index is 12.3. The van der Waals surface area contributed by atoms with Gasteiger partial charge in [0.2, 0.25) is 5.88 Å². The van der Waals surface area contributed by atoms with Crippen molar-refractivity contribution in [3.8, 4) is 11.6 Å². The largest absolute Gasteiger partial charge is 0.493 e. The molecule has 0 spiro atoms. The third kappa shape index (κ3) is 3.73. The zero-order chi connectivity index (χ0) is 17.9. The predicted octanol–water partition coefficient (Wildman–Crippen LogP) is 1.38. The highest BCUT2D eigenvalue weighted by atomic mass is 16.3. The molecule has 7 nitrogen and oxygen atoms in total. The van der Waals surface area contributed by atoms with Crippen molar-refractivity contribution in [1.29, 1.82) is 0 Å². The highest BCUT2D eigenvalue weighted by Gasteiger charge is 2.21. The minimum atomic E-state index is -0.708. The van der Waals surface area contributed by atoms with Gasteiger partial charge in [-0.15, -0.1) is 0 Å². The fraction of sp³-hybridized carbons (Fsp3) is 0.353. The molecule has 1 aromatic heterocycles. The Morgan fingerprint density at radius 3 is 2.33 bits per heavy atom. The Labute approximate surface area is 139 Å². The summed E-state index contributed by atoms with van der Waals surface area (Å²) in [4.78, 5) is 31.1. The highest BCUT2D eigenvalue weighted by molar-refractivity contribution is 6.00. The number of rotatable bonds is 4. The second-order valence-electron chi connectivity index (χ2n) is 6.00. The van der Waals surface area contributed by atoms with Crippen molar-refractivity contribution in [1.82, 2.24) is 14.9 Å². The lowest BCUT2D eigenvalue weighted by Gasteiger charge is -2.17. The quantitative estimate of drug-likeness (QED) is 0.582. The lowest BCUT2D eigenvalue weighted by molar-refractivity contribution is 0.429. The number of aromatic amines is 1. The Hall–Kier alpha value is -2.83. The van der Waals surface area contributed by atoms with Crippen LogP contribution in [0.3, 0.4) is 0 Å². The number of nitrogens with zero attached hydrogens (tertiary/aromatic N) is 2. The van der Waals surface area contributed by atoms with Gasteiger partial charge in [0.15, 0.2) is 0 Å². The summed E-state index contributed by atoms with van der Waals surface area (Å²) in [5.41, 5.74) is -0.995. The molecule has 0 fully saturated rings. The van der Waals surface area contributed by atoms with E-state index in [1.54, 1.807) is 30.3 Å². The van der Waals surface area contributed by atoms with Crippen LogP contribution < -0.4 is 16.6 Å². The molecule has 1 heterocycles. The molecular formula is C17H22N4O3. The number of para-hydroxylation sites is 1. The average molecular weight is 330 g/mol. The van der Waals surface area contributed by atoms with Crippen LogP contribution in [0.15, 0.2) is 44.9 Å². The van der Waals surface area contributed by atoms with Crippen molar-refractivity contribution in [2.45, 2.75) is 39.8 Å². The van der Waals surface area contributed by atoms with Crippen LogP contribution in [0.2, 0.25) is 0 Å². The molecule has 128 valence electrons. The number of nitrogens with one attached hydrogen (secondary N) is 2. The molecule has 0 aliphatic carbocycles. The molecule has 7 heteroatoms. The molecule has 2 aromatic rings. The van der Waals surface area contributed by atoms with Gasteiger partial charge in [-0.25, -0.2) is 9.36 Å². The number of amidine groups is 1. The number of hydrogen-bond donors (Lipinski definition) is 3. The molecule has 0 atom stereocenters. The van der Waals surface area contributed by atoms with Gasteiger partial charge in [-0.2, -0.15) is 0 Å². The Morgan fingerprint density at radius 1 is 1.17 bits per heavy atom. The van der Waals surface area contributed by atoms with Gasteiger partial charge in [0.25, 0.3) is 5.56 Å². The molecule has 2 rings (SSSR count). The maximum Gasteiger partial charge on any atom is 0.335 e. The van der Waals surface area contributed by atoms with Gasteiger partial charge in [-0.1, -0.05) is 18.2 Å². The Kier molecular flexibility index (Phi) is 5.23. The van der Waals surface area contributed by atoms with Crippen LogP contribution in [0.4, 0.5) is 0 Å². The van der Waals surface area contributed by atoms with Crippen LogP contribution in [-0.2, 0) is 0 Å². The molecule has 0 saturated carbocycles. The van der Waals surface area contributed by atoms with Gasteiger partial charge < -0.3 is 10.4 Å². The summed E-state index contributed by atoms with van der Waals surface area (Å²) in [5.74, 6) is -0.189. The standard InChI is InChI=1S/C17H22N4O3/c1-10(2)18-14(19-11(3)4)13-15(22)20-17(24)21(16(13)23)12-8-6-5-7-9-12/h5-11,23H,1-4H3,(H,18,19)(H,20,22,24). The number of aromatic hydroxyl groups is 1. The van der Waals surface area contributed by atoms with Gasteiger partial charge in [-0.05, 0) is 39.8 Å². The molecular weight excluding hydrogens is 308 g/mol. The monoisotopic (exact) mass is 330 g/mol. The van der Waals surface area contributed by atoms with Crippen LogP contribution in [0.25, 0.3) is 5.69 Å². The van der Waals surface area contributed by atoms with E-state index in [0.29, 0.717) is 5.69 Å². The number of aromatic nitrogens is 2. The SMILES string of the molecule is CC(C)N=C(NC(C)C)c1c(O)n(-c2ccccc2)c(=O)[nH]c1=O. The van der Waals surface area contributed by atoms with E-state index in [-0.39, 0.29) is 23.5 Å². The number of H-pyrrole nitrogens is 1. The second-order valence-corrected chi connectivity index (χ2v) is 6.00. The van der Waals surface area contributed by atoms with Crippen LogP contribution in [0.1, 0.15) is 33.3 Å². The topological polar surface area (TPSA) is 99.5 Å². The molecule has 0 radical (unpaired) electrons. The summed E-state index contributed by atoms with van der Waals surface area (Å²) >= 11 is 0. The molecule has 0 aliphatic heterocycles. The molecule has 24 heavy (non-hydrogen) atoms. The summed E-state index contributed by atoms with van der Waals surface area (Å²) in [5, 5.41) is 13.7. The van der Waals surface area contributed by atoms with E-state index in [4.69, 9.17) is 0 Å². The van der Waals surface area contributed by atoms with Crippen molar-refractivity contribution in [2.75, 3.05) is 0 Å². The summed E-state index contributed by atoms with van der Waals surface area (Å²) in [6.45, 7) is 7.52. The predicted molar refractivity (Wildman–Crippen MR) is 94.3 cm³/mol. The van der Waals surface area contributed by atoms with E-state index in [0.717, 1.165) is 4.57 Å². The second kappa shape index (κ2) is 7.16. The van der Waals surface area contributed by atoms with Crippen LogP contribution in [-0.4, -0.2) is 32.6 Å². The van der Waals surface area contributed by atoms with E-state index in [2.05, 4.69) is 15.3 Å². The van der Waals surface area contributed by atoms with Crippen molar-refractivity contribution >= 4 is 5.84 Å². The summed E-state index contributed by atoms with van der Waals surface area (Å²) in [6.07, 6.45) is 0. The van der Waals surface area contributed by atoms with E-state index in [1.165, 1.54) is 0 Å². The van der Waals surface area contributed by atoms with E-state index < -0.39 is 17.1 Å². The smallest absolute Gasteiger partial charge is 0.335 e. The van der Waals surface area contributed by atoms with E-state index in [9.17, 15) is 14.7 Å². The first-order chi connectivity index (χ1) is 11.3. The number of benzene rings is 1. The van der Waals surface area contributed by atoms with Gasteiger partial charge in [0.05, 0.1) is 5.69 Å². The van der Waals surface area contributed by atoms with Gasteiger partial charge >= 0.3 is 5.69 Å². The number of hydrogen-bond acceptors (Lipinski definition) is 4. The lowest BCUT2D eigenvalue weighted by atomic mass is 10.2. The molecule has 0 saturated heterocycles. The van der Waals surface area contributed by atoms with Crippen LogP contribution in [0, 0.1) is 0 Å². The third-order valence-corrected chi connectivity index (χ3v) is 3.15. The van der Waals surface area contributed by atoms with Crippen molar-refractivity contribution in [2.24, 2.45) is 4.99 Å². The minimum absolute atomic E-state index is 0.00148. The Bertz CT molecular complexity index is 848. The highest BCUT2D eigenvalue weighted by Crippen LogP contribution is 2.16. The molecule has 1 aromatic carbocycles. The molecule has 0 aliphatic rings. The normalized spacial score (nSPS) is 12.0. The van der Waals surface area contributed by atoms with E-state index >= 15 is 0 Å². The average Bonchev–Trinajstić information content (AvgIpc) is 2.46. The third-order valence-electron chi connectivity index (χ3n) is 3.15. The molecule has 0 amide bonds. The van der Waals surface area contributed by atoms with Gasteiger partial charge in [-0.3, -0.25) is 14.8 Å². The van der Waals surface area contributed by atoms with E-state index in [1.807, 2.05) is 27.7 Å². The first-order valence-corrected chi connectivity index (χ1v) is 7.79. The maximum absolute atomic E-state index is 12.3. The summed E-state index contributed by atoms with van der Waals surface area (Å²) < 4.78 is 1.05. The summed E-state index contributed by atoms with van der Waals surface area (Å²) in [6, 6.07) is 8.50. The van der Waals surface area contributed by atoms with Gasteiger partial charge in [0, 0.05) is 12.1 Å². The first-order valence-electron chi connectivity index (χ1n) is 7.79.